The van der Waals surface area contributed by atoms with Crippen LogP contribution in [0.25, 0.3) is 11.4 Å². The Morgan fingerprint density at radius 3 is 2.36 bits per heavy atom. The monoisotopic (exact) mass is 498 g/mol. The summed E-state index contributed by atoms with van der Waals surface area (Å²) in [6, 6.07) is 7.67. The molecule has 7 heteroatoms. The topological polar surface area (TPSA) is 62.7 Å². The van der Waals surface area contributed by atoms with E-state index < -0.39 is 6.17 Å². The Morgan fingerprint density at radius 2 is 1.67 bits per heavy atom. The molecule has 1 aromatic carbocycles. The fourth-order valence-electron chi connectivity index (χ4n) is 3.75. The molecule has 3 rings (SSSR count). The average molecular weight is 499 g/mol. The van der Waals surface area contributed by atoms with Gasteiger partial charge in [-0.1, -0.05) is 52.0 Å². The molecule has 1 aliphatic rings. The Kier molecular flexibility index (Phi) is 12.2. The lowest BCUT2D eigenvalue weighted by molar-refractivity contribution is -0.124. The smallest absolute Gasteiger partial charge is 0.219 e. The van der Waals surface area contributed by atoms with Crippen molar-refractivity contribution in [2.45, 2.75) is 83.8 Å². The molecule has 2 aromatic rings. The highest BCUT2D eigenvalue weighted by atomic mass is 19.1. The zero-order valence-electron chi connectivity index (χ0n) is 21.5. The molecule has 1 aliphatic heterocycles. The lowest BCUT2D eigenvalue weighted by Gasteiger charge is -2.24. The SMILES string of the molecule is CCCCCC(COc1ccc(-c2ncc(OCC[C@@H](F)CCCC)cn2)cc1)O[C@H]1C=CC=CO1. The molecule has 1 unspecified atom stereocenters. The highest BCUT2D eigenvalue weighted by molar-refractivity contribution is 5.56. The summed E-state index contributed by atoms with van der Waals surface area (Å²) in [4.78, 5) is 8.78. The molecule has 0 aliphatic carbocycles. The van der Waals surface area contributed by atoms with Crippen LogP contribution in [0, 0.1) is 0 Å². The first-order valence-electron chi connectivity index (χ1n) is 13.1. The van der Waals surface area contributed by atoms with E-state index in [4.69, 9.17) is 18.9 Å². The molecule has 0 radical (unpaired) electrons. The van der Waals surface area contributed by atoms with E-state index in [-0.39, 0.29) is 12.4 Å². The zero-order valence-corrected chi connectivity index (χ0v) is 21.5. The van der Waals surface area contributed by atoms with Crippen molar-refractivity contribution in [1.82, 2.24) is 9.97 Å². The van der Waals surface area contributed by atoms with Crippen molar-refractivity contribution >= 4 is 0 Å². The molecule has 0 saturated carbocycles. The number of unbranched alkanes of at least 4 members (excludes halogenated alkanes) is 3. The van der Waals surface area contributed by atoms with Gasteiger partial charge in [0.05, 0.1) is 31.4 Å². The summed E-state index contributed by atoms with van der Waals surface area (Å²) in [5.41, 5.74) is 0.876. The fraction of sp³-hybridized carbons (Fsp3) is 0.517. The van der Waals surface area contributed by atoms with Crippen LogP contribution < -0.4 is 9.47 Å². The number of allylic oxidation sites excluding steroid dienone is 2. The van der Waals surface area contributed by atoms with Gasteiger partial charge in [-0.15, -0.1) is 0 Å². The summed E-state index contributed by atoms with van der Waals surface area (Å²) >= 11 is 0. The quantitative estimate of drug-likeness (QED) is 0.215. The molecule has 196 valence electrons. The predicted octanol–water partition coefficient (Wildman–Crippen LogP) is 7.21. The highest BCUT2D eigenvalue weighted by Gasteiger charge is 2.17. The van der Waals surface area contributed by atoms with Crippen LogP contribution in [0.5, 0.6) is 11.5 Å². The number of ether oxygens (including phenoxy) is 4. The van der Waals surface area contributed by atoms with Crippen molar-refractivity contribution in [2.24, 2.45) is 0 Å². The Bertz CT molecular complexity index is 918. The van der Waals surface area contributed by atoms with Crippen LogP contribution in [0.3, 0.4) is 0 Å². The molecular weight excluding hydrogens is 459 g/mol. The van der Waals surface area contributed by atoms with Gasteiger partial charge in [-0.2, -0.15) is 0 Å². The van der Waals surface area contributed by atoms with Crippen molar-refractivity contribution < 1.29 is 23.3 Å². The summed E-state index contributed by atoms with van der Waals surface area (Å²) in [6.45, 7) is 5.02. The fourth-order valence-corrected chi connectivity index (χ4v) is 3.75. The van der Waals surface area contributed by atoms with Crippen LogP contribution >= 0.6 is 0 Å². The summed E-state index contributed by atoms with van der Waals surface area (Å²) in [7, 11) is 0. The third-order valence-corrected chi connectivity index (χ3v) is 5.87. The van der Waals surface area contributed by atoms with E-state index in [0.717, 1.165) is 49.8 Å². The maximum atomic E-state index is 13.7. The molecule has 3 atom stereocenters. The molecule has 36 heavy (non-hydrogen) atoms. The number of nitrogens with zero attached hydrogens (tertiary/aromatic N) is 2. The Balaban J connectivity index is 1.47. The number of aromatic nitrogens is 2. The predicted molar refractivity (Wildman–Crippen MR) is 140 cm³/mol. The van der Waals surface area contributed by atoms with Crippen LogP contribution in [0.4, 0.5) is 4.39 Å². The second kappa shape index (κ2) is 15.9. The Morgan fingerprint density at radius 1 is 0.889 bits per heavy atom. The minimum absolute atomic E-state index is 0.0624. The summed E-state index contributed by atoms with van der Waals surface area (Å²) in [5.74, 6) is 1.89. The van der Waals surface area contributed by atoms with Gasteiger partial charge >= 0.3 is 0 Å². The number of rotatable bonds is 17. The van der Waals surface area contributed by atoms with Gasteiger partial charge in [0.15, 0.2) is 11.6 Å². The first-order valence-corrected chi connectivity index (χ1v) is 13.1. The first kappa shape index (κ1) is 27.7. The Hall–Kier alpha value is -2.93. The van der Waals surface area contributed by atoms with Crippen LogP contribution in [-0.2, 0) is 9.47 Å². The number of benzene rings is 1. The molecule has 0 spiro atoms. The van der Waals surface area contributed by atoms with Gasteiger partial charge in [0.2, 0.25) is 6.29 Å². The highest BCUT2D eigenvalue weighted by Crippen LogP contribution is 2.22. The molecule has 2 heterocycles. The van der Waals surface area contributed by atoms with E-state index in [1.165, 1.54) is 0 Å². The number of hydrogen-bond donors (Lipinski definition) is 0. The van der Waals surface area contributed by atoms with Crippen LogP contribution in [0.1, 0.15) is 65.2 Å². The second-order valence-electron chi connectivity index (χ2n) is 8.93. The van der Waals surface area contributed by atoms with Gasteiger partial charge in [0.1, 0.15) is 18.5 Å². The van der Waals surface area contributed by atoms with Gasteiger partial charge in [-0.3, -0.25) is 0 Å². The van der Waals surface area contributed by atoms with E-state index in [2.05, 4.69) is 23.8 Å². The van der Waals surface area contributed by atoms with E-state index in [1.807, 2.05) is 42.5 Å². The van der Waals surface area contributed by atoms with Crippen molar-refractivity contribution in [3.05, 3.63) is 61.1 Å². The van der Waals surface area contributed by atoms with Crippen molar-refractivity contribution in [3.8, 4) is 22.9 Å². The lowest BCUT2D eigenvalue weighted by Crippen LogP contribution is -2.28. The summed E-state index contributed by atoms with van der Waals surface area (Å²) in [5, 5.41) is 0. The third-order valence-electron chi connectivity index (χ3n) is 5.87. The van der Waals surface area contributed by atoms with Crippen molar-refractivity contribution in [3.63, 3.8) is 0 Å². The third kappa shape index (κ3) is 9.97. The summed E-state index contributed by atoms with van der Waals surface area (Å²) in [6.07, 6.45) is 16.5. The minimum Gasteiger partial charge on any atom is -0.491 e. The minimum atomic E-state index is -0.821. The van der Waals surface area contributed by atoms with Gasteiger partial charge in [0, 0.05) is 12.0 Å². The maximum absolute atomic E-state index is 13.7. The largest absolute Gasteiger partial charge is 0.491 e. The van der Waals surface area contributed by atoms with Gasteiger partial charge in [-0.05, 0) is 49.3 Å². The molecule has 0 N–H and O–H groups in total. The molecule has 0 amide bonds. The normalized spacial score (nSPS) is 16.4. The van der Waals surface area contributed by atoms with E-state index in [9.17, 15) is 4.39 Å². The zero-order chi connectivity index (χ0) is 25.4. The molecule has 0 saturated heterocycles. The van der Waals surface area contributed by atoms with Crippen LogP contribution in [0.2, 0.25) is 0 Å². The molecule has 6 nitrogen and oxygen atoms in total. The molecular formula is C29H39FN2O4. The maximum Gasteiger partial charge on any atom is 0.219 e. The average Bonchev–Trinajstić information content (AvgIpc) is 2.92. The van der Waals surface area contributed by atoms with E-state index in [1.54, 1.807) is 18.7 Å². The molecule has 0 bridgehead atoms. The number of hydrogen-bond acceptors (Lipinski definition) is 6. The van der Waals surface area contributed by atoms with Gasteiger partial charge in [0.25, 0.3) is 0 Å². The first-order chi connectivity index (χ1) is 17.7. The van der Waals surface area contributed by atoms with Crippen molar-refractivity contribution in [2.75, 3.05) is 13.2 Å². The van der Waals surface area contributed by atoms with E-state index in [0.29, 0.717) is 37.6 Å². The lowest BCUT2D eigenvalue weighted by atomic mass is 10.1. The molecule has 0 fully saturated rings. The second-order valence-corrected chi connectivity index (χ2v) is 8.93. The van der Waals surface area contributed by atoms with Crippen molar-refractivity contribution in [1.29, 1.82) is 0 Å². The Labute approximate surface area is 214 Å². The molecule has 1 aromatic heterocycles. The number of halogens is 1. The van der Waals surface area contributed by atoms with Gasteiger partial charge < -0.3 is 18.9 Å². The van der Waals surface area contributed by atoms with Gasteiger partial charge in [-0.25, -0.2) is 14.4 Å². The van der Waals surface area contributed by atoms with E-state index >= 15 is 0 Å². The van der Waals surface area contributed by atoms with Crippen LogP contribution in [-0.4, -0.2) is 41.7 Å². The summed E-state index contributed by atoms with van der Waals surface area (Å²) < 4.78 is 37.0. The number of alkyl halides is 1. The van der Waals surface area contributed by atoms with Crippen LogP contribution in [0.15, 0.2) is 61.1 Å². The standard InChI is InChI=1S/C29H39FN2O4/c1-3-5-7-11-26(36-28-12-8-9-18-34-28)22-35-25-15-13-23(14-16-25)29-31-20-27(21-32-29)33-19-17-24(30)10-6-4-2/h8-9,12-16,18,20-21,24,26,28H,3-7,10-11,17,19,22H2,1-2H3/t24-,26?,28-/m0/s1.